The molecule has 0 aliphatic heterocycles. The Morgan fingerprint density at radius 1 is 0.875 bits per heavy atom. The topological polar surface area (TPSA) is 67.3 Å². The Balaban J connectivity index is 1.63. The maximum atomic E-state index is 12.6. The highest BCUT2D eigenvalue weighted by Gasteiger charge is 2.17. The Bertz CT molecular complexity index is 1170. The van der Waals surface area contributed by atoms with Crippen molar-refractivity contribution in [2.75, 3.05) is 37.0 Å². The highest BCUT2D eigenvalue weighted by Crippen LogP contribution is 2.27. The molecule has 32 heavy (non-hydrogen) atoms. The van der Waals surface area contributed by atoms with Crippen molar-refractivity contribution in [2.45, 2.75) is 6.42 Å². The van der Waals surface area contributed by atoms with Gasteiger partial charge in [0.2, 0.25) is 5.91 Å². The summed E-state index contributed by atoms with van der Waals surface area (Å²) in [7, 11) is 1.67. The van der Waals surface area contributed by atoms with Gasteiger partial charge in [-0.2, -0.15) is 0 Å². The number of hydrogen-bond donors (Lipinski definition) is 1. The number of hydrogen-bond acceptors (Lipinski definition) is 5. The quantitative estimate of drug-likeness (QED) is 0.417. The van der Waals surface area contributed by atoms with Crippen LogP contribution in [0.25, 0.3) is 22.3 Å². The van der Waals surface area contributed by atoms with Crippen molar-refractivity contribution in [3.05, 3.63) is 84.9 Å². The number of para-hydroxylation sites is 2. The van der Waals surface area contributed by atoms with Crippen LogP contribution in [0.4, 0.5) is 11.5 Å². The molecule has 0 spiro atoms. The molecule has 1 N–H and O–H groups in total. The predicted molar refractivity (Wildman–Crippen MR) is 129 cm³/mol. The molecule has 0 aliphatic carbocycles. The normalized spacial score (nSPS) is 10.8. The first-order valence-electron chi connectivity index (χ1n) is 10.7. The monoisotopic (exact) mass is 426 g/mol. The number of nitrogens with one attached hydrogen (secondary N) is 1. The molecule has 3 aromatic carbocycles. The van der Waals surface area contributed by atoms with Gasteiger partial charge >= 0.3 is 0 Å². The second kappa shape index (κ2) is 10.5. The molecule has 1 amide bonds. The molecule has 0 atom stereocenters. The summed E-state index contributed by atoms with van der Waals surface area (Å²) in [5.41, 5.74) is 2.61. The number of amides is 1. The predicted octanol–water partition coefficient (Wildman–Crippen LogP) is 4.78. The summed E-state index contributed by atoms with van der Waals surface area (Å²) in [6, 6.07) is 27.4. The Hall–Kier alpha value is -3.77. The lowest BCUT2D eigenvalue weighted by Crippen LogP contribution is -2.32. The number of rotatable bonds is 9. The zero-order valence-electron chi connectivity index (χ0n) is 18.1. The van der Waals surface area contributed by atoms with Gasteiger partial charge in [0.15, 0.2) is 5.82 Å². The first kappa shape index (κ1) is 21.5. The average molecular weight is 427 g/mol. The summed E-state index contributed by atoms with van der Waals surface area (Å²) in [6.07, 6.45) is 0.331. The molecule has 0 saturated heterocycles. The molecule has 0 aliphatic rings. The Morgan fingerprint density at radius 3 is 2.31 bits per heavy atom. The lowest BCUT2D eigenvalue weighted by molar-refractivity contribution is -0.116. The van der Waals surface area contributed by atoms with Crippen molar-refractivity contribution in [3.63, 3.8) is 0 Å². The summed E-state index contributed by atoms with van der Waals surface area (Å²) in [6.45, 7) is 1.65. The van der Waals surface area contributed by atoms with Gasteiger partial charge in [0, 0.05) is 43.3 Å². The molecule has 6 nitrogen and oxygen atoms in total. The van der Waals surface area contributed by atoms with E-state index in [-0.39, 0.29) is 5.91 Å². The number of nitrogens with zero attached hydrogens (tertiary/aromatic N) is 3. The fraction of sp³-hybridized carbons (Fsp3) is 0.192. The first-order valence-corrected chi connectivity index (χ1v) is 10.7. The Morgan fingerprint density at radius 2 is 1.56 bits per heavy atom. The first-order chi connectivity index (χ1) is 15.7. The minimum Gasteiger partial charge on any atom is -0.383 e. The fourth-order valence-electron chi connectivity index (χ4n) is 3.52. The van der Waals surface area contributed by atoms with Gasteiger partial charge in [-0.25, -0.2) is 9.97 Å². The molecule has 4 rings (SSSR count). The van der Waals surface area contributed by atoms with E-state index in [0.29, 0.717) is 31.9 Å². The zero-order valence-corrected chi connectivity index (χ0v) is 18.1. The van der Waals surface area contributed by atoms with E-state index >= 15 is 0 Å². The lowest BCUT2D eigenvalue weighted by atomic mass is 10.1. The van der Waals surface area contributed by atoms with E-state index < -0.39 is 0 Å². The number of ether oxygens (including phenoxy) is 1. The van der Waals surface area contributed by atoms with Crippen LogP contribution in [-0.4, -0.2) is 42.7 Å². The molecule has 1 aromatic heterocycles. The largest absolute Gasteiger partial charge is 0.383 e. The van der Waals surface area contributed by atoms with Gasteiger partial charge in [-0.05, 0) is 24.3 Å². The van der Waals surface area contributed by atoms with Crippen molar-refractivity contribution in [1.29, 1.82) is 0 Å². The number of carbonyl (C=O) groups excluding carboxylic acids is 1. The van der Waals surface area contributed by atoms with Crippen LogP contribution in [0.3, 0.4) is 0 Å². The van der Waals surface area contributed by atoms with Crippen molar-refractivity contribution >= 4 is 28.3 Å². The number of carbonyl (C=O) groups is 1. The second-order valence-electron chi connectivity index (χ2n) is 7.40. The molecule has 0 radical (unpaired) electrons. The van der Waals surface area contributed by atoms with Gasteiger partial charge in [0.1, 0.15) is 5.82 Å². The van der Waals surface area contributed by atoms with Crippen LogP contribution in [-0.2, 0) is 9.53 Å². The van der Waals surface area contributed by atoms with E-state index in [1.54, 1.807) is 7.11 Å². The summed E-state index contributed by atoms with van der Waals surface area (Å²) < 4.78 is 5.34. The van der Waals surface area contributed by atoms with Crippen molar-refractivity contribution < 1.29 is 9.53 Å². The SMILES string of the molecule is COCCN(CCC(=O)Nc1ccccc1)c1nc(-c2ccccc2)nc2ccccc12. The third-order valence-corrected chi connectivity index (χ3v) is 5.15. The molecule has 6 heteroatoms. The van der Waals surface area contributed by atoms with Gasteiger partial charge in [-0.15, -0.1) is 0 Å². The van der Waals surface area contributed by atoms with E-state index in [1.807, 2.05) is 84.9 Å². The van der Waals surface area contributed by atoms with Gasteiger partial charge in [-0.3, -0.25) is 4.79 Å². The zero-order chi connectivity index (χ0) is 22.2. The molecule has 0 fully saturated rings. The minimum atomic E-state index is -0.0414. The maximum absolute atomic E-state index is 12.6. The maximum Gasteiger partial charge on any atom is 0.226 e. The number of aromatic nitrogens is 2. The van der Waals surface area contributed by atoms with Gasteiger partial charge in [0.05, 0.1) is 12.1 Å². The van der Waals surface area contributed by atoms with Crippen LogP contribution in [0, 0.1) is 0 Å². The second-order valence-corrected chi connectivity index (χ2v) is 7.40. The van der Waals surface area contributed by atoms with Gasteiger partial charge in [0.25, 0.3) is 0 Å². The van der Waals surface area contributed by atoms with Crippen LogP contribution in [0.2, 0.25) is 0 Å². The summed E-state index contributed by atoms with van der Waals surface area (Å²) >= 11 is 0. The Kier molecular flexibility index (Phi) is 7.05. The van der Waals surface area contributed by atoms with Gasteiger partial charge < -0.3 is 15.0 Å². The van der Waals surface area contributed by atoms with Crippen LogP contribution >= 0.6 is 0 Å². The number of fused-ring (bicyclic) bond motifs is 1. The summed E-state index contributed by atoms with van der Waals surface area (Å²) in [5, 5.41) is 3.90. The fourth-order valence-corrected chi connectivity index (χ4v) is 3.52. The van der Waals surface area contributed by atoms with E-state index in [0.717, 1.165) is 28.0 Å². The summed E-state index contributed by atoms with van der Waals surface area (Å²) in [5.74, 6) is 1.43. The van der Waals surface area contributed by atoms with E-state index in [2.05, 4.69) is 10.2 Å². The third kappa shape index (κ3) is 5.28. The van der Waals surface area contributed by atoms with E-state index in [9.17, 15) is 4.79 Å². The van der Waals surface area contributed by atoms with E-state index in [1.165, 1.54) is 0 Å². The minimum absolute atomic E-state index is 0.0414. The van der Waals surface area contributed by atoms with Crippen LogP contribution in [0.1, 0.15) is 6.42 Å². The number of methoxy groups -OCH3 is 1. The average Bonchev–Trinajstić information content (AvgIpc) is 2.85. The molecule has 0 bridgehead atoms. The molecule has 0 saturated carbocycles. The highest BCUT2D eigenvalue weighted by molar-refractivity contribution is 5.93. The molecular formula is C26H26N4O2. The van der Waals surface area contributed by atoms with Crippen LogP contribution < -0.4 is 10.2 Å². The summed E-state index contributed by atoms with van der Waals surface area (Å²) in [4.78, 5) is 24.4. The number of benzene rings is 3. The van der Waals surface area contributed by atoms with Crippen LogP contribution in [0.15, 0.2) is 84.9 Å². The van der Waals surface area contributed by atoms with E-state index in [4.69, 9.17) is 14.7 Å². The molecule has 0 unspecified atom stereocenters. The standard InChI is InChI=1S/C26H26N4O2/c1-32-19-18-30(17-16-24(31)27-21-12-6-3-7-13-21)26-22-14-8-9-15-23(22)28-25(29-26)20-10-4-2-5-11-20/h2-15H,16-19H2,1H3,(H,27,31). The van der Waals surface area contributed by atoms with Crippen molar-refractivity contribution in [1.82, 2.24) is 9.97 Å². The molecule has 4 aromatic rings. The van der Waals surface area contributed by atoms with Gasteiger partial charge in [-0.1, -0.05) is 60.7 Å². The van der Waals surface area contributed by atoms with Crippen molar-refractivity contribution in [2.24, 2.45) is 0 Å². The molecular weight excluding hydrogens is 400 g/mol. The Labute approximate surface area is 187 Å². The van der Waals surface area contributed by atoms with Crippen LogP contribution in [0.5, 0.6) is 0 Å². The lowest BCUT2D eigenvalue weighted by Gasteiger charge is -2.25. The van der Waals surface area contributed by atoms with Crippen molar-refractivity contribution in [3.8, 4) is 11.4 Å². The third-order valence-electron chi connectivity index (χ3n) is 5.15. The number of anilines is 2. The smallest absolute Gasteiger partial charge is 0.226 e. The highest BCUT2D eigenvalue weighted by atomic mass is 16.5. The molecule has 1 heterocycles. The molecule has 162 valence electrons.